The van der Waals surface area contributed by atoms with E-state index in [-0.39, 0.29) is 12.5 Å². The molecule has 0 radical (unpaired) electrons. The fourth-order valence-electron chi connectivity index (χ4n) is 1.51. The van der Waals surface area contributed by atoms with Crippen molar-refractivity contribution in [3.63, 3.8) is 0 Å². The Morgan fingerprint density at radius 2 is 1.94 bits per heavy atom. The number of nitrogens with zero attached hydrogens (tertiary/aromatic N) is 2. The summed E-state index contributed by atoms with van der Waals surface area (Å²) in [7, 11) is 0. The zero-order valence-electron chi connectivity index (χ0n) is 9.75. The first-order valence-corrected chi connectivity index (χ1v) is 5.45. The lowest BCUT2D eigenvalue weighted by Gasteiger charge is -2.18. The van der Waals surface area contributed by atoms with Crippen LogP contribution in [0.1, 0.15) is 26.7 Å². The summed E-state index contributed by atoms with van der Waals surface area (Å²) in [6.07, 6.45) is 2.06. The van der Waals surface area contributed by atoms with Crippen molar-refractivity contribution in [1.82, 2.24) is 10.2 Å². The van der Waals surface area contributed by atoms with Gasteiger partial charge < -0.3 is 10.2 Å². The summed E-state index contributed by atoms with van der Waals surface area (Å²) in [5, 5.41) is 11.2. The minimum absolute atomic E-state index is 0.00998. The maximum Gasteiger partial charge on any atom is 0.241 e. The molecule has 1 aliphatic heterocycles. The predicted octanol–water partition coefficient (Wildman–Crippen LogP) is 0.275. The molecule has 1 heterocycles. The second-order valence-electron chi connectivity index (χ2n) is 4.51. The van der Waals surface area contributed by atoms with E-state index in [2.05, 4.69) is 5.32 Å². The first-order valence-electron chi connectivity index (χ1n) is 5.45. The minimum Gasteiger partial charge on any atom is -0.346 e. The van der Waals surface area contributed by atoms with Gasteiger partial charge in [-0.1, -0.05) is 0 Å². The molecule has 1 aliphatic rings. The number of hydrogen-bond acceptors (Lipinski definition) is 3. The Morgan fingerprint density at radius 3 is 2.44 bits per heavy atom. The highest BCUT2D eigenvalue weighted by Gasteiger charge is 2.28. The topological polar surface area (TPSA) is 73.2 Å². The SMILES string of the molecule is CC(C)(C#N)C(=O)NCC(=O)N1CCCC1. The fourth-order valence-corrected chi connectivity index (χ4v) is 1.51. The maximum absolute atomic E-state index is 11.6. The van der Waals surface area contributed by atoms with Gasteiger partial charge in [-0.2, -0.15) is 5.26 Å². The van der Waals surface area contributed by atoms with Gasteiger partial charge in [0.05, 0.1) is 12.6 Å². The van der Waals surface area contributed by atoms with E-state index in [4.69, 9.17) is 5.26 Å². The molecule has 0 unspecified atom stereocenters. The highest BCUT2D eigenvalue weighted by atomic mass is 16.2. The summed E-state index contributed by atoms with van der Waals surface area (Å²) in [6.45, 7) is 4.60. The molecular formula is C11H17N3O2. The van der Waals surface area contributed by atoms with Crippen LogP contribution in [-0.2, 0) is 9.59 Å². The van der Waals surface area contributed by atoms with Crippen molar-refractivity contribution < 1.29 is 9.59 Å². The number of carbonyl (C=O) groups excluding carboxylic acids is 2. The Bertz CT molecular complexity index is 325. The Balaban J connectivity index is 2.37. The van der Waals surface area contributed by atoms with E-state index in [0.717, 1.165) is 25.9 Å². The summed E-state index contributed by atoms with van der Waals surface area (Å²) in [5.41, 5.74) is -1.08. The van der Waals surface area contributed by atoms with Crippen molar-refractivity contribution in [2.75, 3.05) is 19.6 Å². The van der Waals surface area contributed by atoms with Gasteiger partial charge in [-0.05, 0) is 26.7 Å². The van der Waals surface area contributed by atoms with E-state index in [9.17, 15) is 9.59 Å². The number of hydrogen-bond donors (Lipinski definition) is 1. The number of likely N-dealkylation sites (tertiary alicyclic amines) is 1. The molecular weight excluding hydrogens is 206 g/mol. The molecule has 1 fully saturated rings. The molecule has 0 spiro atoms. The summed E-state index contributed by atoms with van der Waals surface area (Å²) in [4.78, 5) is 24.8. The molecule has 0 aromatic carbocycles. The van der Waals surface area contributed by atoms with Gasteiger partial charge in [-0.3, -0.25) is 9.59 Å². The predicted molar refractivity (Wildman–Crippen MR) is 58.2 cm³/mol. The molecule has 0 saturated carbocycles. The third-order valence-electron chi connectivity index (χ3n) is 2.71. The molecule has 2 amide bonds. The van der Waals surface area contributed by atoms with Crippen LogP contribution in [0, 0.1) is 16.7 Å². The first-order chi connectivity index (χ1) is 7.47. The zero-order valence-corrected chi connectivity index (χ0v) is 9.75. The van der Waals surface area contributed by atoms with Crippen LogP contribution in [0.4, 0.5) is 0 Å². The smallest absolute Gasteiger partial charge is 0.241 e. The lowest BCUT2D eigenvalue weighted by Crippen LogP contribution is -2.43. The molecule has 5 nitrogen and oxygen atoms in total. The lowest BCUT2D eigenvalue weighted by molar-refractivity contribution is -0.133. The van der Waals surface area contributed by atoms with Gasteiger partial charge in [0.2, 0.25) is 11.8 Å². The van der Waals surface area contributed by atoms with Crippen LogP contribution in [0.25, 0.3) is 0 Å². The highest BCUT2D eigenvalue weighted by Crippen LogP contribution is 2.12. The van der Waals surface area contributed by atoms with Crippen LogP contribution in [0.15, 0.2) is 0 Å². The molecule has 0 aromatic heterocycles. The van der Waals surface area contributed by atoms with Crippen molar-refractivity contribution in [3.05, 3.63) is 0 Å². The second-order valence-corrected chi connectivity index (χ2v) is 4.51. The van der Waals surface area contributed by atoms with E-state index >= 15 is 0 Å². The van der Waals surface area contributed by atoms with Crippen LogP contribution in [0.3, 0.4) is 0 Å². The molecule has 16 heavy (non-hydrogen) atoms. The Hall–Kier alpha value is -1.57. The van der Waals surface area contributed by atoms with Gasteiger partial charge in [-0.25, -0.2) is 0 Å². The number of nitriles is 1. The van der Waals surface area contributed by atoms with E-state index in [0.29, 0.717) is 0 Å². The monoisotopic (exact) mass is 223 g/mol. The van der Waals surface area contributed by atoms with Crippen molar-refractivity contribution in [2.24, 2.45) is 5.41 Å². The molecule has 0 aliphatic carbocycles. The molecule has 1 rings (SSSR count). The van der Waals surface area contributed by atoms with Crippen LogP contribution in [-0.4, -0.2) is 36.3 Å². The third kappa shape index (κ3) is 2.96. The maximum atomic E-state index is 11.6. The van der Waals surface area contributed by atoms with Crippen molar-refractivity contribution in [1.29, 1.82) is 5.26 Å². The van der Waals surface area contributed by atoms with E-state index in [1.165, 1.54) is 13.8 Å². The Kier molecular flexibility index (Phi) is 3.88. The van der Waals surface area contributed by atoms with E-state index < -0.39 is 11.3 Å². The van der Waals surface area contributed by atoms with Gasteiger partial charge in [0, 0.05) is 13.1 Å². The zero-order chi connectivity index (χ0) is 12.2. The van der Waals surface area contributed by atoms with Gasteiger partial charge in [0.1, 0.15) is 5.41 Å². The number of carbonyl (C=O) groups is 2. The summed E-state index contributed by atoms with van der Waals surface area (Å²) in [6, 6.07) is 1.90. The lowest BCUT2D eigenvalue weighted by atomic mass is 9.95. The van der Waals surface area contributed by atoms with Gasteiger partial charge in [0.15, 0.2) is 0 Å². The van der Waals surface area contributed by atoms with Crippen LogP contribution in [0.2, 0.25) is 0 Å². The van der Waals surface area contributed by atoms with Crippen LogP contribution >= 0.6 is 0 Å². The van der Waals surface area contributed by atoms with Crippen LogP contribution < -0.4 is 5.32 Å². The van der Waals surface area contributed by atoms with Crippen molar-refractivity contribution in [2.45, 2.75) is 26.7 Å². The molecule has 1 saturated heterocycles. The second kappa shape index (κ2) is 4.97. The molecule has 5 heteroatoms. The number of rotatable bonds is 3. The van der Waals surface area contributed by atoms with E-state index in [1.807, 2.05) is 6.07 Å². The normalized spacial score (nSPS) is 15.7. The van der Waals surface area contributed by atoms with E-state index in [1.54, 1.807) is 4.90 Å². The van der Waals surface area contributed by atoms with Crippen molar-refractivity contribution >= 4 is 11.8 Å². The van der Waals surface area contributed by atoms with Gasteiger partial charge >= 0.3 is 0 Å². The fraction of sp³-hybridized carbons (Fsp3) is 0.727. The number of amides is 2. The van der Waals surface area contributed by atoms with Crippen molar-refractivity contribution in [3.8, 4) is 6.07 Å². The largest absolute Gasteiger partial charge is 0.346 e. The third-order valence-corrected chi connectivity index (χ3v) is 2.71. The average molecular weight is 223 g/mol. The standard InChI is InChI=1S/C11H17N3O2/c1-11(2,8-12)10(16)13-7-9(15)14-5-3-4-6-14/h3-7H2,1-2H3,(H,13,16). The Morgan fingerprint density at radius 1 is 1.38 bits per heavy atom. The Labute approximate surface area is 95.4 Å². The summed E-state index contributed by atoms with van der Waals surface area (Å²) in [5.74, 6) is -0.470. The minimum atomic E-state index is -1.08. The molecule has 0 aromatic rings. The molecule has 0 atom stereocenters. The summed E-state index contributed by atoms with van der Waals surface area (Å²) < 4.78 is 0. The first kappa shape index (κ1) is 12.5. The number of nitrogens with one attached hydrogen (secondary N) is 1. The van der Waals surface area contributed by atoms with Gasteiger partial charge in [0.25, 0.3) is 0 Å². The quantitative estimate of drug-likeness (QED) is 0.746. The molecule has 88 valence electrons. The van der Waals surface area contributed by atoms with Gasteiger partial charge in [-0.15, -0.1) is 0 Å². The highest BCUT2D eigenvalue weighted by molar-refractivity contribution is 5.89. The van der Waals surface area contributed by atoms with Crippen LogP contribution in [0.5, 0.6) is 0 Å². The molecule has 1 N–H and O–H groups in total. The molecule has 0 bridgehead atoms. The average Bonchev–Trinajstić information content (AvgIpc) is 2.78. The summed E-state index contributed by atoms with van der Waals surface area (Å²) >= 11 is 0.